The summed E-state index contributed by atoms with van der Waals surface area (Å²) < 4.78 is 13.0. The van der Waals surface area contributed by atoms with Gasteiger partial charge in [-0.05, 0) is 59.5 Å². The van der Waals surface area contributed by atoms with Gasteiger partial charge in [-0.3, -0.25) is 9.69 Å². The van der Waals surface area contributed by atoms with Gasteiger partial charge in [-0.15, -0.1) is 0 Å². The number of pyridine rings is 1. The Hall–Kier alpha value is -4.66. The van der Waals surface area contributed by atoms with E-state index in [1.807, 2.05) is 66.9 Å². The van der Waals surface area contributed by atoms with Gasteiger partial charge < -0.3 is 24.5 Å². The first-order valence-electron chi connectivity index (χ1n) is 14.2. The van der Waals surface area contributed by atoms with Crippen molar-refractivity contribution in [3.63, 3.8) is 0 Å². The van der Waals surface area contributed by atoms with Crippen molar-refractivity contribution < 1.29 is 14.3 Å². The summed E-state index contributed by atoms with van der Waals surface area (Å²) in [5, 5.41) is 6.63. The molecule has 1 amide bonds. The SMILES string of the molecule is COc1cc2c(cc1OC)CN(CC(=O)Nc1ccc(-c3nc4ccccn4c3CNCc3ccccc3)cc1)CC2. The molecule has 3 aromatic carbocycles. The number of hydrogen-bond donors (Lipinski definition) is 2. The van der Waals surface area contributed by atoms with Crippen molar-refractivity contribution in [3.8, 4) is 22.8 Å². The number of imidazole rings is 1. The minimum absolute atomic E-state index is 0.0368. The number of ether oxygens (including phenoxy) is 2. The first-order chi connectivity index (χ1) is 20.6. The first-order valence-corrected chi connectivity index (χ1v) is 14.2. The number of anilines is 1. The highest BCUT2D eigenvalue weighted by Crippen LogP contribution is 2.33. The third kappa shape index (κ3) is 6.00. The summed E-state index contributed by atoms with van der Waals surface area (Å²) in [6.07, 6.45) is 2.91. The molecule has 0 bridgehead atoms. The summed E-state index contributed by atoms with van der Waals surface area (Å²) in [5.41, 5.74) is 8.34. The molecule has 2 aromatic heterocycles. The molecule has 0 saturated heterocycles. The van der Waals surface area contributed by atoms with Crippen molar-refractivity contribution in [3.05, 3.63) is 114 Å². The van der Waals surface area contributed by atoms with E-state index in [2.05, 4.69) is 44.2 Å². The molecule has 8 heteroatoms. The Morgan fingerprint density at radius 2 is 1.62 bits per heavy atom. The normalized spacial score (nSPS) is 13.1. The molecule has 0 fully saturated rings. The lowest BCUT2D eigenvalue weighted by molar-refractivity contribution is -0.117. The van der Waals surface area contributed by atoms with Crippen LogP contribution < -0.4 is 20.1 Å². The van der Waals surface area contributed by atoms with Crippen molar-refractivity contribution in [2.45, 2.75) is 26.1 Å². The summed E-state index contributed by atoms with van der Waals surface area (Å²) >= 11 is 0. The van der Waals surface area contributed by atoms with Crippen LogP contribution in [-0.4, -0.2) is 47.5 Å². The van der Waals surface area contributed by atoms with Crippen LogP contribution in [0.3, 0.4) is 0 Å². The van der Waals surface area contributed by atoms with Gasteiger partial charge in [0.15, 0.2) is 11.5 Å². The fourth-order valence-electron chi connectivity index (χ4n) is 5.56. The second kappa shape index (κ2) is 12.5. The van der Waals surface area contributed by atoms with Crippen LogP contribution in [0.25, 0.3) is 16.9 Å². The van der Waals surface area contributed by atoms with Crippen LogP contribution in [-0.2, 0) is 30.8 Å². The zero-order valence-corrected chi connectivity index (χ0v) is 24.0. The molecule has 214 valence electrons. The van der Waals surface area contributed by atoms with Gasteiger partial charge in [0.1, 0.15) is 5.65 Å². The molecule has 5 aromatic rings. The lowest BCUT2D eigenvalue weighted by atomic mass is 9.99. The smallest absolute Gasteiger partial charge is 0.238 e. The summed E-state index contributed by atoms with van der Waals surface area (Å²) in [6.45, 7) is 3.27. The van der Waals surface area contributed by atoms with Crippen LogP contribution in [0.2, 0.25) is 0 Å². The summed E-state index contributed by atoms with van der Waals surface area (Å²) in [7, 11) is 3.29. The Labute approximate surface area is 245 Å². The van der Waals surface area contributed by atoms with Crippen molar-refractivity contribution in [1.29, 1.82) is 0 Å². The van der Waals surface area contributed by atoms with Crippen molar-refractivity contribution in [2.24, 2.45) is 0 Å². The molecule has 0 atom stereocenters. The van der Waals surface area contributed by atoms with E-state index in [1.54, 1.807) is 14.2 Å². The first kappa shape index (κ1) is 27.5. The summed E-state index contributed by atoms with van der Waals surface area (Å²) in [6, 6.07) is 28.4. The van der Waals surface area contributed by atoms with E-state index in [0.717, 1.165) is 59.1 Å². The Kier molecular flexibility index (Phi) is 8.16. The number of aromatic nitrogens is 2. The molecule has 0 unspecified atom stereocenters. The van der Waals surface area contributed by atoms with Crippen LogP contribution in [0, 0.1) is 0 Å². The van der Waals surface area contributed by atoms with E-state index in [9.17, 15) is 4.79 Å². The molecule has 42 heavy (non-hydrogen) atoms. The monoisotopic (exact) mass is 561 g/mol. The highest BCUT2D eigenvalue weighted by atomic mass is 16.5. The average Bonchev–Trinajstić information content (AvgIpc) is 3.39. The molecular formula is C34H35N5O3. The molecule has 0 aliphatic carbocycles. The van der Waals surface area contributed by atoms with Gasteiger partial charge in [0.2, 0.25) is 5.91 Å². The zero-order valence-electron chi connectivity index (χ0n) is 24.0. The van der Waals surface area contributed by atoms with E-state index < -0.39 is 0 Å². The number of hydrogen-bond acceptors (Lipinski definition) is 6. The van der Waals surface area contributed by atoms with Gasteiger partial charge >= 0.3 is 0 Å². The molecule has 2 N–H and O–H groups in total. The highest BCUT2D eigenvalue weighted by molar-refractivity contribution is 5.92. The molecule has 8 nitrogen and oxygen atoms in total. The number of carbonyl (C=O) groups excluding carboxylic acids is 1. The van der Waals surface area contributed by atoms with Crippen LogP contribution >= 0.6 is 0 Å². The Morgan fingerprint density at radius 1 is 0.881 bits per heavy atom. The molecule has 6 rings (SSSR count). The van der Waals surface area contributed by atoms with Crippen LogP contribution in [0.15, 0.2) is 91.1 Å². The van der Waals surface area contributed by atoms with Gasteiger partial charge in [0.25, 0.3) is 0 Å². The molecule has 0 saturated carbocycles. The highest BCUT2D eigenvalue weighted by Gasteiger charge is 2.21. The molecule has 1 aliphatic rings. The largest absolute Gasteiger partial charge is 0.493 e. The fraction of sp³-hybridized carbons (Fsp3) is 0.235. The van der Waals surface area contributed by atoms with Gasteiger partial charge in [-0.2, -0.15) is 0 Å². The van der Waals surface area contributed by atoms with E-state index in [4.69, 9.17) is 14.5 Å². The molecule has 0 spiro atoms. The van der Waals surface area contributed by atoms with Crippen LogP contribution in [0.4, 0.5) is 5.69 Å². The van der Waals surface area contributed by atoms with Gasteiger partial charge in [0, 0.05) is 43.6 Å². The minimum Gasteiger partial charge on any atom is -0.493 e. The number of carbonyl (C=O) groups is 1. The van der Waals surface area contributed by atoms with Crippen molar-refractivity contribution >= 4 is 17.2 Å². The average molecular weight is 562 g/mol. The number of benzene rings is 3. The maximum Gasteiger partial charge on any atom is 0.238 e. The number of rotatable bonds is 10. The number of amides is 1. The predicted molar refractivity (Wildman–Crippen MR) is 165 cm³/mol. The third-order valence-electron chi connectivity index (χ3n) is 7.70. The summed E-state index contributed by atoms with van der Waals surface area (Å²) in [4.78, 5) is 20.0. The minimum atomic E-state index is -0.0368. The Morgan fingerprint density at radius 3 is 2.38 bits per heavy atom. The Bertz CT molecular complexity index is 1680. The zero-order chi connectivity index (χ0) is 28.9. The quantitative estimate of drug-likeness (QED) is 0.241. The van der Waals surface area contributed by atoms with Gasteiger partial charge in [-0.25, -0.2) is 4.98 Å². The van der Waals surface area contributed by atoms with E-state index in [0.29, 0.717) is 25.4 Å². The van der Waals surface area contributed by atoms with Crippen LogP contribution in [0.5, 0.6) is 11.5 Å². The maximum absolute atomic E-state index is 13.0. The molecule has 1 aliphatic heterocycles. The van der Waals surface area contributed by atoms with Gasteiger partial charge in [0.05, 0.1) is 32.2 Å². The molecule has 0 radical (unpaired) electrons. The number of fused-ring (bicyclic) bond motifs is 2. The third-order valence-corrected chi connectivity index (χ3v) is 7.70. The number of nitrogens with one attached hydrogen (secondary N) is 2. The molecule has 3 heterocycles. The molecular weight excluding hydrogens is 526 g/mol. The second-order valence-corrected chi connectivity index (χ2v) is 10.5. The van der Waals surface area contributed by atoms with Crippen molar-refractivity contribution in [1.82, 2.24) is 19.6 Å². The lowest BCUT2D eigenvalue weighted by Crippen LogP contribution is -2.37. The van der Waals surface area contributed by atoms with Gasteiger partial charge in [-0.1, -0.05) is 48.5 Å². The Balaban J connectivity index is 1.11. The maximum atomic E-state index is 13.0. The second-order valence-electron chi connectivity index (χ2n) is 10.5. The van der Waals surface area contributed by atoms with Crippen molar-refractivity contribution in [2.75, 3.05) is 32.6 Å². The number of nitrogens with zero attached hydrogens (tertiary/aromatic N) is 3. The standard InChI is InChI=1S/C34H35N5O3/c1-41-30-18-26-15-17-38(22-27(26)19-31(30)42-2)23-33(40)36-28-13-11-25(12-14-28)34-29(39-16-7-6-10-32(39)37-34)21-35-20-24-8-4-3-5-9-24/h3-14,16,18-19,35H,15,17,20-23H2,1-2H3,(H,36,40). The summed E-state index contributed by atoms with van der Waals surface area (Å²) in [5.74, 6) is 1.42. The topological polar surface area (TPSA) is 80.1 Å². The van der Waals surface area contributed by atoms with E-state index in [1.165, 1.54) is 11.1 Å². The fourth-order valence-corrected chi connectivity index (χ4v) is 5.56. The lowest BCUT2D eigenvalue weighted by Gasteiger charge is -2.29. The van der Waals surface area contributed by atoms with Crippen LogP contribution in [0.1, 0.15) is 22.4 Å². The van der Waals surface area contributed by atoms with E-state index >= 15 is 0 Å². The van der Waals surface area contributed by atoms with E-state index in [-0.39, 0.29) is 5.91 Å². The number of methoxy groups -OCH3 is 2. The predicted octanol–water partition coefficient (Wildman–Crippen LogP) is 5.31.